The molecule has 2 fully saturated rings. The first-order chi connectivity index (χ1) is 16.6. The van der Waals surface area contributed by atoms with E-state index in [2.05, 4.69) is 24.2 Å². The van der Waals surface area contributed by atoms with E-state index in [9.17, 15) is 9.59 Å². The average molecular weight is 465 g/mol. The second-order valence-electron chi connectivity index (χ2n) is 9.56. The third-order valence-corrected chi connectivity index (χ3v) is 6.66. The number of oxime groups is 1. The third-order valence-electron chi connectivity index (χ3n) is 6.66. The summed E-state index contributed by atoms with van der Waals surface area (Å²) in [7, 11) is 0. The summed E-state index contributed by atoms with van der Waals surface area (Å²) in [6.45, 7) is 4.00. The minimum absolute atomic E-state index is 0.0178. The number of carbonyl (C=O) groups is 2. The van der Waals surface area contributed by atoms with Gasteiger partial charge in [0, 0.05) is 19.5 Å². The molecule has 4 rings (SSSR count). The Kier molecular flexibility index (Phi) is 8.56. The van der Waals surface area contributed by atoms with Gasteiger partial charge in [-0.1, -0.05) is 41.1 Å². The van der Waals surface area contributed by atoms with Crippen molar-refractivity contribution in [2.24, 2.45) is 5.16 Å². The van der Waals surface area contributed by atoms with Crippen molar-refractivity contribution in [1.82, 2.24) is 4.90 Å². The van der Waals surface area contributed by atoms with Gasteiger partial charge in [-0.25, -0.2) is 4.79 Å². The van der Waals surface area contributed by atoms with Crippen LogP contribution < -0.4 is 0 Å². The van der Waals surface area contributed by atoms with E-state index in [1.54, 1.807) is 0 Å². The predicted octanol–water partition coefficient (Wildman–Crippen LogP) is 5.33. The van der Waals surface area contributed by atoms with Crippen LogP contribution in [0.5, 0.6) is 0 Å². The van der Waals surface area contributed by atoms with Gasteiger partial charge in [-0.05, 0) is 81.4 Å². The van der Waals surface area contributed by atoms with Crippen LogP contribution in [0.15, 0.2) is 47.2 Å². The number of piperidine rings is 1. The van der Waals surface area contributed by atoms with Crippen molar-refractivity contribution in [3.05, 3.63) is 58.7 Å². The fourth-order valence-electron chi connectivity index (χ4n) is 4.66. The van der Waals surface area contributed by atoms with Gasteiger partial charge in [0.05, 0.1) is 17.9 Å². The summed E-state index contributed by atoms with van der Waals surface area (Å²) < 4.78 is 5.64. The van der Waals surface area contributed by atoms with Crippen LogP contribution >= 0.6 is 0 Å². The second-order valence-corrected chi connectivity index (χ2v) is 9.56. The maximum Gasteiger partial charge on any atom is 0.338 e. The van der Waals surface area contributed by atoms with Gasteiger partial charge in [0.15, 0.2) is 6.61 Å². The van der Waals surface area contributed by atoms with Gasteiger partial charge in [0.2, 0.25) is 0 Å². The van der Waals surface area contributed by atoms with E-state index in [0.717, 1.165) is 69.2 Å². The fourth-order valence-corrected chi connectivity index (χ4v) is 4.66. The van der Waals surface area contributed by atoms with Crippen LogP contribution in [0.1, 0.15) is 85.7 Å². The van der Waals surface area contributed by atoms with Gasteiger partial charge >= 0.3 is 5.97 Å². The summed E-state index contributed by atoms with van der Waals surface area (Å²) in [5.41, 5.74) is 4.55. The number of likely N-dealkylation sites (tertiary alicyclic amines) is 1. The summed E-state index contributed by atoms with van der Waals surface area (Å²) in [4.78, 5) is 33.0. The Bertz CT molecular complexity index is 969. The molecule has 182 valence electrons. The molecular weight excluding hydrogens is 428 g/mol. The normalized spacial score (nSPS) is 23.8. The first kappa shape index (κ1) is 24.2. The molecule has 1 aromatic rings. The zero-order valence-electron chi connectivity index (χ0n) is 20.3. The zero-order valence-corrected chi connectivity index (χ0v) is 20.3. The Balaban J connectivity index is 1.57. The molecule has 34 heavy (non-hydrogen) atoms. The predicted molar refractivity (Wildman–Crippen MR) is 133 cm³/mol. The smallest absolute Gasteiger partial charge is 0.338 e. The number of allylic oxidation sites excluding steroid dienone is 3. The van der Waals surface area contributed by atoms with Crippen LogP contribution in [0.4, 0.5) is 0 Å². The number of ether oxygens (including phenoxy) is 1. The maximum atomic E-state index is 13.1. The minimum atomic E-state index is -0.260. The van der Waals surface area contributed by atoms with Crippen molar-refractivity contribution < 1.29 is 19.2 Å². The number of benzene rings is 1. The Hall–Kier alpha value is -2.89. The van der Waals surface area contributed by atoms with Gasteiger partial charge in [-0.3, -0.25) is 4.79 Å². The molecule has 0 spiro atoms. The van der Waals surface area contributed by atoms with Crippen molar-refractivity contribution in [2.45, 2.75) is 70.6 Å². The van der Waals surface area contributed by atoms with Gasteiger partial charge in [0.25, 0.3) is 5.91 Å². The summed E-state index contributed by atoms with van der Waals surface area (Å²) >= 11 is 0. The Labute approximate surface area is 202 Å². The van der Waals surface area contributed by atoms with Crippen molar-refractivity contribution in [1.29, 1.82) is 0 Å². The van der Waals surface area contributed by atoms with Gasteiger partial charge in [0.1, 0.15) is 0 Å². The number of hydrogen-bond donors (Lipinski definition) is 0. The van der Waals surface area contributed by atoms with E-state index < -0.39 is 0 Å². The molecule has 1 amide bonds. The van der Waals surface area contributed by atoms with E-state index >= 15 is 0 Å². The fraction of sp³-hybridized carbons (Fsp3) is 0.536. The molecule has 1 saturated carbocycles. The molecule has 0 aromatic heterocycles. The zero-order chi connectivity index (χ0) is 23.8. The summed E-state index contributed by atoms with van der Waals surface area (Å²) in [6, 6.07) is 6.04. The van der Waals surface area contributed by atoms with Crippen LogP contribution in [0, 0.1) is 0 Å². The van der Waals surface area contributed by atoms with E-state index in [1.807, 2.05) is 29.2 Å². The molecular formula is C28H36N2O4. The lowest BCUT2D eigenvalue weighted by atomic mass is 9.94. The van der Waals surface area contributed by atoms with Crippen LogP contribution in [0.2, 0.25) is 0 Å². The summed E-state index contributed by atoms with van der Waals surface area (Å²) in [5, 5.41) is 4.38. The molecule has 1 aromatic carbocycles. The monoisotopic (exact) mass is 464 g/mol. The first-order valence-corrected chi connectivity index (χ1v) is 12.7. The van der Waals surface area contributed by atoms with E-state index in [-0.39, 0.29) is 18.5 Å². The molecule has 1 saturated heterocycles. The molecule has 3 aliphatic rings. The van der Waals surface area contributed by atoms with Gasteiger partial charge < -0.3 is 14.5 Å². The molecule has 0 bridgehead atoms. The first-order valence-electron chi connectivity index (χ1n) is 12.7. The number of hydrogen-bond acceptors (Lipinski definition) is 5. The molecule has 0 unspecified atom stereocenters. The van der Waals surface area contributed by atoms with E-state index in [1.165, 1.54) is 12.0 Å². The molecule has 1 aliphatic carbocycles. The second kappa shape index (κ2) is 12.0. The summed E-state index contributed by atoms with van der Waals surface area (Å²) in [6.07, 6.45) is 14.7. The Morgan fingerprint density at radius 3 is 2.74 bits per heavy atom. The molecule has 6 heteroatoms. The number of nitrogens with zero attached hydrogens (tertiary/aromatic N) is 2. The number of amides is 1. The molecule has 0 N–H and O–H groups in total. The molecule has 0 radical (unpaired) electrons. The number of rotatable bonds is 4. The maximum absolute atomic E-state index is 13.1. The Morgan fingerprint density at radius 2 is 1.94 bits per heavy atom. The quantitative estimate of drug-likeness (QED) is 0.343. The summed E-state index contributed by atoms with van der Waals surface area (Å²) in [5.74, 6) is 0.150. The number of cyclic esters (lactones) is 1. The number of esters is 1. The number of fused-ring (bicyclic) bond motifs is 1. The SMILES string of the molecule is C/C1=C\C(=N\OCC(=O)N2CCCCC2)Cc2cccc(C3CC3)c2C(=O)OCC/C=C/CC1. The molecule has 0 atom stereocenters. The van der Waals surface area contributed by atoms with Crippen LogP contribution in [0.3, 0.4) is 0 Å². The standard InChI is InChI=1S/C28H36N2O4/c1-21-10-5-2-3-8-17-33-28(32)27-23(11-9-12-25(27)22-13-14-22)19-24(18-21)29-34-20-26(31)30-15-6-4-7-16-30/h2-3,9,11-12,18,22H,4-8,10,13-17,19-20H2,1H3/b3-2+,21-18+,29-24-. The van der Waals surface area contributed by atoms with Crippen molar-refractivity contribution in [3.63, 3.8) is 0 Å². The lowest BCUT2D eigenvalue weighted by Gasteiger charge is -2.26. The third kappa shape index (κ3) is 6.81. The lowest BCUT2D eigenvalue weighted by Crippen LogP contribution is -2.37. The van der Waals surface area contributed by atoms with Crippen molar-refractivity contribution >= 4 is 17.6 Å². The Morgan fingerprint density at radius 1 is 1.15 bits per heavy atom. The highest BCUT2D eigenvalue weighted by atomic mass is 16.6. The van der Waals surface area contributed by atoms with Crippen LogP contribution in [-0.4, -0.2) is 48.8 Å². The highest BCUT2D eigenvalue weighted by Crippen LogP contribution is 2.42. The van der Waals surface area contributed by atoms with Gasteiger partial charge in [-0.15, -0.1) is 0 Å². The van der Waals surface area contributed by atoms with Crippen LogP contribution in [0.25, 0.3) is 0 Å². The van der Waals surface area contributed by atoms with E-state index in [4.69, 9.17) is 9.57 Å². The number of carbonyl (C=O) groups excluding carboxylic acids is 2. The highest BCUT2D eigenvalue weighted by Gasteiger charge is 2.30. The highest BCUT2D eigenvalue weighted by molar-refractivity contribution is 6.00. The minimum Gasteiger partial charge on any atom is -0.462 e. The molecule has 2 aliphatic heterocycles. The van der Waals surface area contributed by atoms with E-state index in [0.29, 0.717) is 30.2 Å². The largest absolute Gasteiger partial charge is 0.462 e. The molecule has 2 heterocycles. The van der Waals surface area contributed by atoms with Crippen molar-refractivity contribution in [3.8, 4) is 0 Å². The lowest BCUT2D eigenvalue weighted by molar-refractivity contribution is -0.137. The topological polar surface area (TPSA) is 68.2 Å². The van der Waals surface area contributed by atoms with Gasteiger partial charge in [-0.2, -0.15) is 0 Å². The average Bonchev–Trinajstić information content (AvgIpc) is 3.68. The van der Waals surface area contributed by atoms with Crippen LogP contribution in [-0.2, 0) is 20.8 Å². The molecule has 6 nitrogen and oxygen atoms in total. The van der Waals surface area contributed by atoms with Crippen molar-refractivity contribution in [2.75, 3.05) is 26.3 Å².